The van der Waals surface area contributed by atoms with Crippen LogP contribution in [0.3, 0.4) is 0 Å². The summed E-state index contributed by atoms with van der Waals surface area (Å²) >= 11 is 0. The molecule has 0 aliphatic heterocycles. The van der Waals surface area contributed by atoms with Crippen LogP contribution in [0.1, 0.15) is 46.8 Å². The zero-order valence-corrected chi connectivity index (χ0v) is 20.0. The largest absolute Gasteiger partial charge is 0.507 e. The maximum absolute atomic E-state index is 14.1. The maximum Gasteiger partial charge on any atom is 0.198 e. The van der Waals surface area contributed by atoms with Gasteiger partial charge in [-0.1, -0.05) is 13.8 Å². The van der Waals surface area contributed by atoms with E-state index in [1.807, 2.05) is 25.1 Å². The number of hydrogen-bond donors (Lipinski definition) is 2. The van der Waals surface area contributed by atoms with E-state index in [0.717, 1.165) is 16.7 Å². The Hall–Kier alpha value is -3.93. The number of phenols is 2. The van der Waals surface area contributed by atoms with Crippen LogP contribution in [-0.4, -0.2) is 37.3 Å². The summed E-state index contributed by atoms with van der Waals surface area (Å²) in [5.74, 6) is 1.04. The van der Waals surface area contributed by atoms with Crippen LogP contribution in [-0.2, 0) is 0 Å². The number of carbonyl (C=O) groups is 1. The van der Waals surface area contributed by atoms with Gasteiger partial charge < -0.3 is 24.4 Å². The van der Waals surface area contributed by atoms with Gasteiger partial charge in [-0.3, -0.25) is 4.79 Å². The molecule has 0 unspecified atom stereocenters. The predicted octanol–water partition coefficient (Wildman–Crippen LogP) is 6.07. The maximum atomic E-state index is 14.1. The summed E-state index contributed by atoms with van der Waals surface area (Å²) in [4.78, 5) is 14.1. The van der Waals surface area contributed by atoms with E-state index >= 15 is 0 Å². The summed E-state index contributed by atoms with van der Waals surface area (Å²) in [5, 5.41) is 24.5. The lowest BCUT2D eigenvalue weighted by Gasteiger charge is -2.27. The molecule has 6 heteroatoms. The molecule has 1 aliphatic rings. The first-order valence-corrected chi connectivity index (χ1v) is 11.1. The molecule has 0 amide bonds. The smallest absolute Gasteiger partial charge is 0.198 e. The average Bonchev–Trinajstić information content (AvgIpc) is 2.81. The average molecular weight is 459 g/mol. The lowest BCUT2D eigenvalue weighted by atomic mass is 9.77. The van der Waals surface area contributed by atoms with Crippen molar-refractivity contribution in [3.05, 3.63) is 52.6 Å². The molecule has 4 aromatic rings. The second-order valence-electron chi connectivity index (χ2n) is 8.94. The SMILES string of the molecule is COc1cc(O)c2c(c1)-c1c(C)cc(OC)c3c(O)c4c(OC)cc(C(C)C)cc4c(c13)C2=O. The number of hydrogen-bond acceptors (Lipinski definition) is 6. The quantitative estimate of drug-likeness (QED) is 0.318. The molecule has 0 bridgehead atoms. The Morgan fingerprint density at radius 3 is 2.06 bits per heavy atom. The number of fused-ring (bicyclic) bond motifs is 4. The Kier molecular flexibility index (Phi) is 4.86. The molecule has 174 valence electrons. The topological polar surface area (TPSA) is 85.2 Å². The van der Waals surface area contributed by atoms with Gasteiger partial charge in [0.2, 0.25) is 0 Å². The van der Waals surface area contributed by atoms with Crippen molar-refractivity contribution in [2.75, 3.05) is 21.3 Å². The third kappa shape index (κ3) is 2.78. The van der Waals surface area contributed by atoms with Crippen LogP contribution in [0.4, 0.5) is 0 Å². The first-order chi connectivity index (χ1) is 16.2. The molecular weight excluding hydrogens is 432 g/mol. The molecule has 4 aromatic carbocycles. The molecule has 6 nitrogen and oxygen atoms in total. The van der Waals surface area contributed by atoms with Crippen molar-refractivity contribution in [3.63, 3.8) is 0 Å². The first-order valence-electron chi connectivity index (χ1n) is 11.1. The number of ketones is 1. The van der Waals surface area contributed by atoms with Crippen molar-refractivity contribution in [1.29, 1.82) is 0 Å². The number of ether oxygens (including phenoxy) is 3. The molecule has 0 radical (unpaired) electrons. The highest BCUT2D eigenvalue weighted by molar-refractivity contribution is 6.35. The van der Waals surface area contributed by atoms with Gasteiger partial charge in [0.1, 0.15) is 28.7 Å². The van der Waals surface area contributed by atoms with Gasteiger partial charge in [-0.25, -0.2) is 0 Å². The van der Waals surface area contributed by atoms with Crippen LogP contribution < -0.4 is 14.2 Å². The van der Waals surface area contributed by atoms with Crippen LogP contribution in [0.5, 0.6) is 28.7 Å². The number of aromatic hydroxyl groups is 2. The van der Waals surface area contributed by atoms with Crippen LogP contribution >= 0.6 is 0 Å². The van der Waals surface area contributed by atoms with Gasteiger partial charge in [-0.2, -0.15) is 0 Å². The van der Waals surface area contributed by atoms with Gasteiger partial charge in [0.25, 0.3) is 0 Å². The van der Waals surface area contributed by atoms with E-state index in [9.17, 15) is 15.0 Å². The lowest BCUT2D eigenvalue weighted by Crippen LogP contribution is -2.13. The molecule has 0 atom stereocenters. The minimum atomic E-state index is -0.326. The van der Waals surface area contributed by atoms with Crippen LogP contribution in [0.25, 0.3) is 32.7 Å². The Labute approximate surface area is 197 Å². The summed E-state index contributed by atoms with van der Waals surface area (Å²) in [6.07, 6.45) is 0. The lowest BCUT2D eigenvalue weighted by molar-refractivity contribution is 0.103. The minimum Gasteiger partial charge on any atom is -0.507 e. The Balaban J connectivity index is 2.12. The molecular formula is C28H26O6. The summed E-state index contributed by atoms with van der Waals surface area (Å²) in [7, 11) is 4.59. The fourth-order valence-corrected chi connectivity index (χ4v) is 5.13. The Morgan fingerprint density at radius 1 is 0.765 bits per heavy atom. The van der Waals surface area contributed by atoms with E-state index in [-0.39, 0.29) is 28.8 Å². The molecule has 2 N–H and O–H groups in total. The van der Waals surface area contributed by atoms with Gasteiger partial charge in [-0.05, 0) is 53.8 Å². The number of aryl methyl sites for hydroxylation is 1. The fourth-order valence-electron chi connectivity index (χ4n) is 5.13. The number of rotatable bonds is 4. The third-order valence-corrected chi connectivity index (χ3v) is 6.76. The van der Waals surface area contributed by atoms with Gasteiger partial charge in [0.15, 0.2) is 5.78 Å². The zero-order chi connectivity index (χ0) is 24.5. The first kappa shape index (κ1) is 21.9. The summed E-state index contributed by atoms with van der Waals surface area (Å²) in [5.41, 5.74) is 3.75. The van der Waals surface area contributed by atoms with Gasteiger partial charge in [-0.15, -0.1) is 0 Å². The van der Waals surface area contributed by atoms with Gasteiger partial charge in [0.05, 0.1) is 37.7 Å². The zero-order valence-electron chi connectivity index (χ0n) is 20.0. The van der Waals surface area contributed by atoms with E-state index in [4.69, 9.17) is 14.2 Å². The normalized spacial score (nSPS) is 12.4. The van der Waals surface area contributed by atoms with E-state index in [0.29, 0.717) is 49.9 Å². The van der Waals surface area contributed by atoms with Gasteiger partial charge in [0, 0.05) is 28.0 Å². The summed E-state index contributed by atoms with van der Waals surface area (Å²) in [6.45, 7) is 6.03. The molecule has 0 aromatic heterocycles. The van der Waals surface area contributed by atoms with Crippen molar-refractivity contribution in [3.8, 4) is 39.9 Å². The highest BCUT2D eigenvalue weighted by Crippen LogP contribution is 2.54. The Morgan fingerprint density at radius 2 is 1.44 bits per heavy atom. The molecule has 5 rings (SSSR count). The van der Waals surface area contributed by atoms with E-state index in [1.165, 1.54) is 20.3 Å². The second-order valence-corrected chi connectivity index (χ2v) is 8.94. The van der Waals surface area contributed by atoms with E-state index in [1.54, 1.807) is 13.2 Å². The highest BCUT2D eigenvalue weighted by atomic mass is 16.5. The van der Waals surface area contributed by atoms with Crippen LogP contribution in [0.2, 0.25) is 0 Å². The highest BCUT2D eigenvalue weighted by Gasteiger charge is 2.35. The molecule has 1 aliphatic carbocycles. The molecule has 34 heavy (non-hydrogen) atoms. The summed E-state index contributed by atoms with van der Waals surface area (Å²) < 4.78 is 16.7. The van der Waals surface area contributed by atoms with E-state index < -0.39 is 0 Å². The minimum absolute atomic E-state index is 0.0117. The number of benzene rings is 4. The second kappa shape index (κ2) is 7.55. The predicted molar refractivity (Wildman–Crippen MR) is 132 cm³/mol. The number of carbonyl (C=O) groups excluding carboxylic acids is 1. The van der Waals surface area contributed by atoms with Crippen molar-refractivity contribution in [2.45, 2.75) is 26.7 Å². The third-order valence-electron chi connectivity index (χ3n) is 6.76. The number of phenolic OH excluding ortho intramolecular Hbond substituents is 2. The standard InChI is InChI=1S/C28H26O6/c1-12(2)14-8-16-23(20(9-14)34-6)28(31)25-19(33-5)7-13(3)21-17-10-15(32-4)11-18(29)22(17)27(30)24(16)26(21)25/h7-12,29,31H,1-6H3. The summed E-state index contributed by atoms with van der Waals surface area (Å²) in [6, 6.07) is 8.84. The molecule has 0 heterocycles. The van der Waals surface area contributed by atoms with Crippen LogP contribution in [0, 0.1) is 6.92 Å². The molecule has 0 fully saturated rings. The van der Waals surface area contributed by atoms with Crippen molar-refractivity contribution in [2.24, 2.45) is 0 Å². The Bertz CT molecular complexity index is 1530. The van der Waals surface area contributed by atoms with Crippen LogP contribution in [0.15, 0.2) is 30.3 Å². The number of methoxy groups -OCH3 is 3. The van der Waals surface area contributed by atoms with E-state index in [2.05, 4.69) is 13.8 Å². The molecule has 0 saturated heterocycles. The fraction of sp³-hybridized carbons (Fsp3) is 0.250. The molecule has 0 spiro atoms. The molecule has 0 saturated carbocycles. The van der Waals surface area contributed by atoms with Crippen molar-refractivity contribution in [1.82, 2.24) is 0 Å². The van der Waals surface area contributed by atoms with Gasteiger partial charge >= 0.3 is 0 Å². The van der Waals surface area contributed by atoms with Crippen molar-refractivity contribution >= 4 is 27.3 Å². The monoisotopic (exact) mass is 458 g/mol. The van der Waals surface area contributed by atoms with Crippen molar-refractivity contribution < 1.29 is 29.2 Å².